The third-order valence-corrected chi connectivity index (χ3v) is 3.52. The lowest BCUT2D eigenvalue weighted by Crippen LogP contribution is -2.22. The van der Waals surface area contributed by atoms with E-state index in [9.17, 15) is 4.79 Å². The van der Waals surface area contributed by atoms with Gasteiger partial charge in [-0.2, -0.15) is 0 Å². The number of rotatable bonds is 2. The van der Waals surface area contributed by atoms with Crippen LogP contribution in [-0.4, -0.2) is 9.55 Å². The van der Waals surface area contributed by atoms with E-state index in [4.69, 9.17) is 23.2 Å². The number of aromatic nitrogens is 2. The molecule has 2 rings (SSSR count). The van der Waals surface area contributed by atoms with Crippen molar-refractivity contribution in [3.05, 3.63) is 48.7 Å². The number of halogens is 2. The second-order valence-corrected chi connectivity index (χ2v) is 5.44. The maximum Gasteiger partial charge on any atom is 0.255 e. The van der Waals surface area contributed by atoms with Crippen LogP contribution in [0, 0.1) is 6.92 Å². The average Bonchev–Trinajstić information content (AvgIpc) is 2.58. The van der Waals surface area contributed by atoms with Crippen LogP contribution in [0.4, 0.5) is 0 Å². The molecule has 0 radical (unpaired) electrons. The molecule has 6 heteroatoms. The van der Waals surface area contributed by atoms with Crippen molar-refractivity contribution in [2.45, 2.75) is 13.5 Å². The fraction of sp³-hybridized carbons (Fsp3) is 0.200. The van der Waals surface area contributed by atoms with Gasteiger partial charge in [-0.3, -0.25) is 9.36 Å². The van der Waals surface area contributed by atoms with Crippen LogP contribution in [0.25, 0.3) is 0 Å². The molecule has 0 aromatic carbocycles. The van der Waals surface area contributed by atoms with Gasteiger partial charge in [0, 0.05) is 10.9 Å². The van der Waals surface area contributed by atoms with E-state index < -0.39 is 0 Å². The van der Waals surface area contributed by atoms with Crippen molar-refractivity contribution >= 4 is 34.5 Å². The molecule has 0 saturated carbocycles. The summed E-state index contributed by atoms with van der Waals surface area (Å²) < 4.78 is 2.27. The molecule has 0 atom stereocenters. The predicted octanol–water partition coefficient (Wildman–Crippen LogP) is 2.97. The Kier molecular flexibility index (Phi) is 3.33. The van der Waals surface area contributed by atoms with Gasteiger partial charge in [-0.1, -0.05) is 23.2 Å². The summed E-state index contributed by atoms with van der Waals surface area (Å²) in [6.07, 6.45) is 0. The van der Waals surface area contributed by atoms with Crippen LogP contribution in [0.1, 0.15) is 10.7 Å². The van der Waals surface area contributed by atoms with Gasteiger partial charge in [0.1, 0.15) is 11.0 Å². The molecule has 0 aliphatic heterocycles. The van der Waals surface area contributed by atoms with Crippen molar-refractivity contribution in [1.82, 2.24) is 9.55 Å². The second-order valence-electron chi connectivity index (χ2n) is 3.26. The van der Waals surface area contributed by atoms with E-state index in [0.29, 0.717) is 16.7 Å². The van der Waals surface area contributed by atoms with Gasteiger partial charge in [-0.15, -0.1) is 11.3 Å². The van der Waals surface area contributed by atoms with Crippen LogP contribution in [0.15, 0.2) is 23.0 Å². The van der Waals surface area contributed by atoms with Crippen LogP contribution in [0.3, 0.4) is 0 Å². The van der Waals surface area contributed by atoms with E-state index in [0.717, 1.165) is 4.88 Å². The zero-order valence-corrected chi connectivity index (χ0v) is 10.7. The Bertz CT molecular complexity index is 576. The highest BCUT2D eigenvalue weighted by atomic mass is 35.5. The minimum absolute atomic E-state index is 0.151. The van der Waals surface area contributed by atoms with E-state index in [1.54, 1.807) is 11.5 Å². The molecule has 84 valence electrons. The highest BCUT2D eigenvalue weighted by Crippen LogP contribution is 2.22. The maximum absolute atomic E-state index is 11.7. The van der Waals surface area contributed by atoms with E-state index in [-0.39, 0.29) is 10.7 Å². The number of hydrogen-bond acceptors (Lipinski definition) is 3. The molecule has 2 aromatic rings. The first-order chi connectivity index (χ1) is 7.56. The standard InChI is InChI=1S/C10H8Cl2N2OS/c1-6-13-8(11)4-10(15)14(6)5-7-2-3-9(12)16-7/h2-4H,5H2,1H3. The fourth-order valence-electron chi connectivity index (χ4n) is 1.37. The Balaban J connectivity index is 2.38. The summed E-state index contributed by atoms with van der Waals surface area (Å²) in [5, 5.41) is 0.225. The normalized spacial score (nSPS) is 10.7. The van der Waals surface area contributed by atoms with Crippen LogP contribution >= 0.6 is 34.5 Å². The highest BCUT2D eigenvalue weighted by molar-refractivity contribution is 7.16. The first-order valence-electron chi connectivity index (χ1n) is 4.54. The molecule has 0 bridgehead atoms. The quantitative estimate of drug-likeness (QED) is 0.790. The maximum atomic E-state index is 11.7. The van der Waals surface area contributed by atoms with Crippen LogP contribution in [-0.2, 0) is 6.54 Å². The van der Waals surface area contributed by atoms with Gasteiger partial charge in [-0.05, 0) is 19.1 Å². The van der Waals surface area contributed by atoms with Gasteiger partial charge in [0.05, 0.1) is 10.9 Å². The molecule has 0 aliphatic carbocycles. The molecule has 3 nitrogen and oxygen atoms in total. The Morgan fingerprint density at radius 1 is 1.44 bits per heavy atom. The van der Waals surface area contributed by atoms with Gasteiger partial charge in [0.25, 0.3) is 5.56 Å². The third-order valence-electron chi connectivity index (χ3n) is 2.11. The monoisotopic (exact) mass is 274 g/mol. The summed E-state index contributed by atoms with van der Waals surface area (Å²) in [5.41, 5.74) is -0.151. The largest absolute Gasteiger partial charge is 0.291 e. The summed E-state index contributed by atoms with van der Waals surface area (Å²) in [6, 6.07) is 5.02. The Hall–Kier alpha value is -0.840. The molecule has 0 spiro atoms. The van der Waals surface area contributed by atoms with Crippen molar-refractivity contribution in [3.8, 4) is 0 Å². The van der Waals surface area contributed by atoms with Gasteiger partial charge in [0.2, 0.25) is 0 Å². The van der Waals surface area contributed by atoms with Crippen molar-refractivity contribution in [1.29, 1.82) is 0 Å². The van der Waals surface area contributed by atoms with Crippen LogP contribution < -0.4 is 5.56 Å². The lowest BCUT2D eigenvalue weighted by atomic mass is 10.4. The minimum atomic E-state index is -0.151. The molecular weight excluding hydrogens is 267 g/mol. The zero-order valence-electron chi connectivity index (χ0n) is 8.41. The summed E-state index contributed by atoms with van der Waals surface area (Å²) in [6.45, 7) is 2.23. The van der Waals surface area contributed by atoms with Crippen LogP contribution in [0.2, 0.25) is 9.49 Å². The predicted molar refractivity (Wildman–Crippen MR) is 66.7 cm³/mol. The molecular formula is C10H8Cl2N2OS. The number of aryl methyl sites for hydroxylation is 1. The smallest absolute Gasteiger partial charge is 0.255 e. The summed E-state index contributed by atoms with van der Waals surface area (Å²) in [4.78, 5) is 16.7. The van der Waals surface area contributed by atoms with E-state index in [2.05, 4.69) is 4.98 Å². The molecule has 0 saturated heterocycles. The lowest BCUT2D eigenvalue weighted by molar-refractivity contribution is 0.708. The molecule has 0 amide bonds. The van der Waals surface area contributed by atoms with Gasteiger partial charge in [0.15, 0.2) is 0 Å². The summed E-state index contributed by atoms with van der Waals surface area (Å²) in [5.74, 6) is 0.599. The third kappa shape index (κ3) is 2.45. The van der Waals surface area contributed by atoms with Gasteiger partial charge in [-0.25, -0.2) is 4.98 Å². The average molecular weight is 275 g/mol. The lowest BCUT2D eigenvalue weighted by Gasteiger charge is -2.07. The van der Waals surface area contributed by atoms with Gasteiger partial charge >= 0.3 is 0 Å². The highest BCUT2D eigenvalue weighted by Gasteiger charge is 2.06. The second kappa shape index (κ2) is 4.57. The molecule has 2 aromatic heterocycles. The molecule has 16 heavy (non-hydrogen) atoms. The Morgan fingerprint density at radius 3 is 2.75 bits per heavy atom. The number of nitrogens with zero attached hydrogens (tertiary/aromatic N) is 2. The Morgan fingerprint density at radius 2 is 2.19 bits per heavy atom. The summed E-state index contributed by atoms with van der Waals surface area (Å²) >= 11 is 13.0. The van der Waals surface area contributed by atoms with Crippen LogP contribution in [0.5, 0.6) is 0 Å². The van der Waals surface area contributed by atoms with Crippen molar-refractivity contribution in [2.24, 2.45) is 0 Å². The number of hydrogen-bond donors (Lipinski definition) is 0. The molecule has 2 heterocycles. The number of thiophene rings is 1. The zero-order chi connectivity index (χ0) is 11.7. The minimum Gasteiger partial charge on any atom is -0.291 e. The van der Waals surface area contributed by atoms with Crippen molar-refractivity contribution in [2.75, 3.05) is 0 Å². The molecule has 0 aliphatic rings. The van der Waals surface area contributed by atoms with Crippen molar-refractivity contribution in [3.63, 3.8) is 0 Å². The van der Waals surface area contributed by atoms with Gasteiger partial charge < -0.3 is 0 Å². The summed E-state index contributed by atoms with van der Waals surface area (Å²) in [7, 11) is 0. The van der Waals surface area contributed by atoms with Crippen molar-refractivity contribution < 1.29 is 0 Å². The topological polar surface area (TPSA) is 34.9 Å². The molecule has 0 fully saturated rings. The van der Waals surface area contributed by atoms with E-state index in [1.807, 2.05) is 12.1 Å². The first kappa shape index (κ1) is 11.6. The fourth-order valence-corrected chi connectivity index (χ4v) is 2.66. The first-order valence-corrected chi connectivity index (χ1v) is 6.12. The SMILES string of the molecule is Cc1nc(Cl)cc(=O)n1Cc1ccc(Cl)s1. The molecule has 0 unspecified atom stereocenters. The van der Waals surface area contributed by atoms with E-state index >= 15 is 0 Å². The van der Waals surface area contributed by atoms with E-state index in [1.165, 1.54) is 17.4 Å². The molecule has 0 N–H and O–H groups in total. The Labute approximate surface area is 106 Å².